The van der Waals surface area contributed by atoms with Crippen molar-refractivity contribution in [2.45, 2.75) is 70.9 Å². The molecule has 0 radical (unpaired) electrons. The number of nitrogens with one attached hydrogen (secondary N) is 2. The van der Waals surface area contributed by atoms with E-state index < -0.39 is 0 Å². The van der Waals surface area contributed by atoms with Gasteiger partial charge in [-0.3, -0.25) is 4.79 Å². The molecule has 2 N–H and O–H groups in total. The standard InChI is InChI=1S/C15H28N2O/c1-11(13-7-4-3-5-8-13)17-15(18)14-9-6-10-16-12(14)2/h11-14,16H,3-10H2,1-2H3,(H,17,18). The van der Waals surface area contributed by atoms with Crippen LogP contribution in [-0.4, -0.2) is 24.5 Å². The zero-order chi connectivity index (χ0) is 13.0. The minimum Gasteiger partial charge on any atom is -0.353 e. The summed E-state index contributed by atoms with van der Waals surface area (Å²) >= 11 is 0. The van der Waals surface area contributed by atoms with Gasteiger partial charge in [0.15, 0.2) is 0 Å². The summed E-state index contributed by atoms with van der Waals surface area (Å²) in [5.74, 6) is 1.15. The zero-order valence-corrected chi connectivity index (χ0v) is 11.9. The molecule has 2 rings (SSSR count). The minimum absolute atomic E-state index is 0.171. The van der Waals surface area contributed by atoms with Gasteiger partial charge in [0.25, 0.3) is 0 Å². The second-order valence-corrected chi connectivity index (χ2v) is 6.19. The van der Waals surface area contributed by atoms with E-state index in [4.69, 9.17) is 0 Å². The number of hydrogen-bond donors (Lipinski definition) is 2. The molecule has 2 aliphatic rings. The maximum absolute atomic E-state index is 12.3. The third-order valence-corrected chi connectivity index (χ3v) is 4.83. The molecule has 1 aliphatic carbocycles. The largest absolute Gasteiger partial charge is 0.353 e. The second kappa shape index (κ2) is 6.55. The molecular weight excluding hydrogens is 224 g/mol. The molecule has 1 heterocycles. The molecule has 1 amide bonds. The number of carbonyl (C=O) groups is 1. The lowest BCUT2D eigenvalue weighted by Crippen LogP contribution is -2.50. The summed E-state index contributed by atoms with van der Waals surface area (Å²) in [7, 11) is 0. The SMILES string of the molecule is CC(NC(=O)C1CCCNC1C)C1CCCCC1. The van der Waals surface area contributed by atoms with Crippen LogP contribution in [0.4, 0.5) is 0 Å². The fourth-order valence-electron chi connectivity index (χ4n) is 3.49. The van der Waals surface area contributed by atoms with E-state index in [0.29, 0.717) is 18.0 Å². The Morgan fingerprint density at radius 3 is 2.56 bits per heavy atom. The van der Waals surface area contributed by atoms with Crippen molar-refractivity contribution in [1.82, 2.24) is 10.6 Å². The molecular formula is C15H28N2O. The summed E-state index contributed by atoms with van der Waals surface area (Å²) in [4.78, 5) is 12.3. The van der Waals surface area contributed by atoms with Gasteiger partial charge in [0.05, 0.1) is 5.92 Å². The first-order chi connectivity index (χ1) is 8.68. The van der Waals surface area contributed by atoms with Gasteiger partial charge in [0, 0.05) is 12.1 Å². The summed E-state index contributed by atoms with van der Waals surface area (Å²) in [5.41, 5.74) is 0. The smallest absolute Gasteiger partial charge is 0.224 e. The lowest BCUT2D eigenvalue weighted by atomic mass is 9.84. The van der Waals surface area contributed by atoms with E-state index in [1.807, 2.05) is 0 Å². The van der Waals surface area contributed by atoms with Crippen molar-refractivity contribution >= 4 is 5.91 Å². The number of rotatable bonds is 3. The maximum Gasteiger partial charge on any atom is 0.224 e. The Hall–Kier alpha value is -0.570. The Balaban J connectivity index is 1.81. The third-order valence-electron chi connectivity index (χ3n) is 4.83. The molecule has 18 heavy (non-hydrogen) atoms. The summed E-state index contributed by atoms with van der Waals surface area (Å²) < 4.78 is 0. The molecule has 0 spiro atoms. The van der Waals surface area contributed by atoms with Crippen LogP contribution in [-0.2, 0) is 4.79 Å². The van der Waals surface area contributed by atoms with Gasteiger partial charge in [-0.1, -0.05) is 19.3 Å². The highest BCUT2D eigenvalue weighted by molar-refractivity contribution is 5.79. The maximum atomic E-state index is 12.3. The van der Waals surface area contributed by atoms with Crippen LogP contribution in [0.1, 0.15) is 58.8 Å². The van der Waals surface area contributed by atoms with Crippen LogP contribution < -0.4 is 10.6 Å². The summed E-state index contributed by atoms with van der Waals surface area (Å²) in [6.45, 7) is 5.38. The highest BCUT2D eigenvalue weighted by Crippen LogP contribution is 2.27. The lowest BCUT2D eigenvalue weighted by Gasteiger charge is -2.33. The van der Waals surface area contributed by atoms with Crippen molar-refractivity contribution in [2.24, 2.45) is 11.8 Å². The summed E-state index contributed by atoms with van der Waals surface area (Å²) in [5, 5.41) is 6.68. The van der Waals surface area contributed by atoms with Crippen molar-refractivity contribution in [3.05, 3.63) is 0 Å². The molecule has 0 aromatic carbocycles. The van der Waals surface area contributed by atoms with E-state index in [-0.39, 0.29) is 11.8 Å². The Morgan fingerprint density at radius 1 is 1.17 bits per heavy atom. The molecule has 2 fully saturated rings. The average molecular weight is 252 g/mol. The Kier molecular flexibility index (Phi) is 5.04. The molecule has 0 bridgehead atoms. The molecule has 3 atom stereocenters. The van der Waals surface area contributed by atoms with Crippen LogP contribution in [0, 0.1) is 11.8 Å². The van der Waals surface area contributed by atoms with E-state index in [0.717, 1.165) is 19.4 Å². The van der Waals surface area contributed by atoms with Crippen molar-refractivity contribution in [1.29, 1.82) is 0 Å². The van der Waals surface area contributed by atoms with Gasteiger partial charge in [0.2, 0.25) is 5.91 Å². The first-order valence-electron chi connectivity index (χ1n) is 7.72. The van der Waals surface area contributed by atoms with Gasteiger partial charge in [-0.2, -0.15) is 0 Å². The Labute approximate surface area is 111 Å². The highest BCUT2D eigenvalue weighted by Gasteiger charge is 2.29. The predicted octanol–water partition coefficient (Wildman–Crippen LogP) is 2.46. The molecule has 1 aliphatic heterocycles. The van der Waals surface area contributed by atoms with Gasteiger partial charge in [-0.15, -0.1) is 0 Å². The van der Waals surface area contributed by atoms with Gasteiger partial charge in [-0.25, -0.2) is 0 Å². The molecule has 1 saturated carbocycles. The predicted molar refractivity (Wildman–Crippen MR) is 74.4 cm³/mol. The van der Waals surface area contributed by atoms with Crippen molar-refractivity contribution in [2.75, 3.05) is 6.54 Å². The van der Waals surface area contributed by atoms with E-state index in [9.17, 15) is 4.79 Å². The van der Waals surface area contributed by atoms with Crippen LogP contribution in [0.2, 0.25) is 0 Å². The number of amides is 1. The minimum atomic E-state index is 0.171. The molecule has 3 nitrogen and oxygen atoms in total. The van der Waals surface area contributed by atoms with E-state index in [1.165, 1.54) is 32.1 Å². The fraction of sp³-hybridized carbons (Fsp3) is 0.933. The molecule has 0 aromatic heterocycles. The van der Waals surface area contributed by atoms with Crippen LogP contribution in [0.5, 0.6) is 0 Å². The van der Waals surface area contributed by atoms with E-state index in [2.05, 4.69) is 24.5 Å². The topological polar surface area (TPSA) is 41.1 Å². The van der Waals surface area contributed by atoms with Crippen LogP contribution in [0.15, 0.2) is 0 Å². The van der Waals surface area contributed by atoms with Gasteiger partial charge >= 0.3 is 0 Å². The number of piperidine rings is 1. The molecule has 1 saturated heterocycles. The lowest BCUT2D eigenvalue weighted by molar-refractivity contribution is -0.127. The van der Waals surface area contributed by atoms with Crippen molar-refractivity contribution < 1.29 is 4.79 Å². The zero-order valence-electron chi connectivity index (χ0n) is 11.9. The molecule has 104 valence electrons. The first-order valence-corrected chi connectivity index (χ1v) is 7.72. The van der Waals surface area contributed by atoms with E-state index in [1.54, 1.807) is 0 Å². The van der Waals surface area contributed by atoms with Gasteiger partial charge in [-0.05, 0) is 52.0 Å². The third kappa shape index (κ3) is 3.47. The highest BCUT2D eigenvalue weighted by atomic mass is 16.2. The summed E-state index contributed by atoms with van der Waals surface area (Å²) in [6, 6.07) is 0.684. The van der Waals surface area contributed by atoms with E-state index >= 15 is 0 Å². The van der Waals surface area contributed by atoms with Crippen LogP contribution in [0.25, 0.3) is 0 Å². The van der Waals surface area contributed by atoms with Crippen molar-refractivity contribution in [3.8, 4) is 0 Å². The fourth-order valence-corrected chi connectivity index (χ4v) is 3.49. The van der Waals surface area contributed by atoms with Crippen LogP contribution in [0.3, 0.4) is 0 Å². The quantitative estimate of drug-likeness (QED) is 0.810. The van der Waals surface area contributed by atoms with Crippen molar-refractivity contribution in [3.63, 3.8) is 0 Å². The van der Waals surface area contributed by atoms with Gasteiger partial charge < -0.3 is 10.6 Å². The second-order valence-electron chi connectivity index (χ2n) is 6.19. The Bertz CT molecular complexity index is 274. The monoisotopic (exact) mass is 252 g/mol. The van der Waals surface area contributed by atoms with Gasteiger partial charge in [0.1, 0.15) is 0 Å². The molecule has 3 heteroatoms. The first kappa shape index (κ1) is 13.9. The average Bonchev–Trinajstić information content (AvgIpc) is 2.40. The number of carbonyl (C=O) groups excluding carboxylic acids is 1. The molecule has 3 unspecified atom stereocenters. The Morgan fingerprint density at radius 2 is 1.89 bits per heavy atom. The summed E-state index contributed by atoms with van der Waals surface area (Å²) in [6.07, 6.45) is 8.80. The molecule has 0 aromatic rings. The number of hydrogen-bond acceptors (Lipinski definition) is 2. The van der Waals surface area contributed by atoms with Crippen LogP contribution >= 0.6 is 0 Å². The normalized spacial score (nSPS) is 31.9.